The zero-order valence-electron chi connectivity index (χ0n) is 17.5. The topological polar surface area (TPSA) is 33.2 Å². The van der Waals surface area contributed by atoms with Gasteiger partial charge in [-0.25, -0.2) is 4.98 Å². The van der Waals surface area contributed by atoms with E-state index in [1.165, 1.54) is 16.2 Å². The van der Waals surface area contributed by atoms with E-state index >= 15 is 0 Å². The average molecular weight is 467 g/mol. The number of aromatic nitrogens is 1. The van der Waals surface area contributed by atoms with Crippen LogP contribution >= 0.6 is 34.7 Å². The summed E-state index contributed by atoms with van der Waals surface area (Å²) in [5.41, 5.74) is 3.98. The molecule has 0 saturated carbocycles. The van der Waals surface area contributed by atoms with Gasteiger partial charge in [-0.3, -0.25) is 9.69 Å². The van der Waals surface area contributed by atoms with Crippen LogP contribution in [0, 0.1) is 6.92 Å². The van der Waals surface area contributed by atoms with E-state index in [0.717, 1.165) is 32.7 Å². The van der Waals surface area contributed by atoms with Gasteiger partial charge < -0.3 is 0 Å². The van der Waals surface area contributed by atoms with Crippen molar-refractivity contribution in [3.8, 4) is 0 Å². The van der Waals surface area contributed by atoms with E-state index in [4.69, 9.17) is 16.6 Å². The van der Waals surface area contributed by atoms with Gasteiger partial charge in [-0.05, 0) is 47.6 Å². The fourth-order valence-corrected chi connectivity index (χ4v) is 5.37. The summed E-state index contributed by atoms with van der Waals surface area (Å²) < 4.78 is 0.920. The fraction of sp³-hybridized carbons (Fsp3) is 0.200. The number of hydrogen-bond acceptors (Lipinski definition) is 4. The summed E-state index contributed by atoms with van der Waals surface area (Å²) in [4.78, 5) is 21.2. The highest BCUT2D eigenvalue weighted by molar-refractivity contribution is 7.99. The third-order valence-electron chi connectivity index (χ3n) is 4.99. The van der Waals surface area contributed by atoms with Crippen LogP contribution in [0.4, 0.5) is 5.13 Å². The predicted octanol–water partition coefficient (Wildman–Crippen LogP) is 7.15. The molecule has 0 fully saturated rings. The van der Waals surface area contributed by atoms with Crippen molar-refractivity contribution in [2.75, 3.05) is 10.7 Å². The maximum atomic E-state index is 13.4. The molecule has 0 aliphatic carbocycles. The van der Waals surface area contributed by atoms with Crippen LogP contribution in [0.2, 0.25) is 5.02 Å². The molecule has 1 heterocycles. The van der Waals surface area contributed by atoms with E-state index in [2.05, 4.69) is 19.1 Å². The Kier molecular flexibility index (Phi) is 6.96. The van der Waals surface area contributed by atoms with Gasteiger partial charge in [-0.1, -0.05) is 78.4 Å². The number of aryl methyl sites for hydroxylation is 1. The second-order valence-corrected chi connectivity index (χ2v) is 9.98. The molecule has 4 rings (SSSR count). The first-order valence-electron chi connectivity index (χ1n) is 10.2. The number of halogens is 1. The lowest BCUT2D eigenvalue weighted by atomic mass is 10.1. The Balaban J connectivity index is 1.66. The number of nitrogens with zero attached hydrogens (tertiary/aromatic N) is 2. The third kappa shape index (κ3) is 5.12. The molecule has 0 bridgehead atoms. The molecule has 0 spiro atoms. The van der Waals surface area contributed by atoms with Crippen molar-refractivity contribution in [2.24, 2.45) is 0 Å². The quantitative estimate of drug-likeness (QED) is 0.271. The SMILES string of the molecule is CCSc1ccc(CC(=O)N(Cc2ccccc2)c2nc3c(C)ccc(Cl)c3s2)cc1. The van der Waals surface area contributed by atoms with Crippen LogP contribution in [-0.4, -0.2) is 16.6 Å². The first kappa shape index (κ1) is 21.9. The Labute approximate surface area is 196 Å². The molecule has 0 saturated heterocycles. The normalized spacial score (nSPS) is 11.1. The monoisotopic (exact) mass is 466 g/mol. The van der Waals surface area contributed by atoms with Gasteiger partial charge in [0.05, 0.1) is 28.2 Å². The van der Waals surface area contributed by atoms with Crippen molar-refractivity contribution in [1.29, 1.82) is 0 Å². The van der Waals surface area contributed by atoms with Crippen molar-refractivity contribution in [2.45, 2.75) is 31.7 Å². The van der Waals surface area contributed by atoms with E-state index < -0.39 is 0 Å². The van der Waals surface area contributed by atoms with E-state index in [9.17, 15) is 4.79 Å². The van der Waals surface area contributed by atoms with Gasteiger partial charge in [0, 0.05) is 4.90 Å². The molecule has 6 heteroatoms. The Morgan fingerprint density at radius 2 is 1.77 bits per heavy atom. The summed E-state index contributed by atoms with van der Waals surface area (Å²) in [6.45, 7) is 4.62. The van der Waals surface area contributed by atoms with Crippen LogP contribution in [0.1, 0.15) is 23.6 Å². The largest absolute Gasteiger partial charge is 0.283 e. The van der Waals surface area contributed by atoms with Crippen LogP contribution in [0.5, 0.6) is 0 Å². The Morgan fingerprint density at radius 3 is 2.45 bits per heavy atom. The lowest BCUT2D eigenvalue weighted by Gasteiger charge is -2.20. The Bertz CT molecular complexity index is 1150. The number of thioether (sulfide) groups is 1. The summed E-state index contributed by atoms with van der Waals surface area (Å²) in [6.07, 6.45) is 0.326. The molecule has 0 aliphatic rings. The average Bonchev–Trinajstić information content (AvgIpc) is 3.23. The second kappa shape index (κ2) is 9.86. The summed E-state index contributed by atoms with van der Waals surface area (Å²) in [5.74, 6) is 1.05. The molecule has 1 aromatic heterocycles. The molecular formula is C25H23ClN2OS2. The van der Waals surface area contributed by atoms with Gasteiger partial charge in [-0.2, -0.15) is 0 Å². The van der Waals surface area contributed by atoms with Crippen molar-refractivity contribution in [3.05, 3.63) is 88.4 Å². The maximum absolute atomic E-state index is 13.4. The molecule has 4 aromatic rings. The van der Waals surface area contributed by atoms with Crippen molar-refractivity contribution >= 4 is 56.0 Å². The van der Waals surface area contributed by atoms with Crippen molar-refractivity contribution < 1.29 is 4.79 Å². The summed E-state index contributed by atoms with van der Waals surface area (Å²) in [6, 6.07) is 22.1. The van der Waals surface area contributed by atoms with E-state index in [1.54, 1.807) is 16.7 Å². The molecule has 0 unspecified atom stereocenters. The molecule has 31 heavy (non-hydrogen) atoms. The zero-order chi connectivity index (χ0) is 21.8. The lowest BCUT2D eigenvalue weighted by Crippen LogP contribution is -2.31. The number of carbonyl (C=O) groups excluding carboxylic acids is 1. The zero-order valence-corrected chi connectivity index (χ0v) is 19.9. The second-order valence-electron chi connectivity index (χ2n) is 7.26. The minimum atomic E-state index is 0.0209. The van der Waals surface area contributed by atoms with Gasteiger partial charge in [0.2, 0.25) is 5.91 Å². The number of fused-ring (bicyclic) bond motifs is 1. The van der Waals surface area contributed by atoms with Crippen molar-refractivity contribution in [3.63, 3.8) is 0 Å². The standard InChI is InChI=1S/C25H23ClN2OS2/c1-3-30-20-12-10-18(11-13-20)15-22(29)28(16-19-7-5-4-6-8-19)25-27-23-17(2)9-14-21(26)24(23)31-25/h4-14H,3,15-16H2,1-2H3. The molecule has 1 amide bonds. The Morgan fingerprint density at radius 1 is 1.03 bits per heavy atom. The highest BCUT2D eigenvalue weighted by Crippen LogP contribution is 2.36. The predicted molar refractivity (Wildman–Crippen MR) is 134 cm³/mol. The number of amides is 1. The van der Waals surface area contributed by atoms with Crippen LogP contribution in [0.25, 0.3) is 10.2 Å². The van der Waals surface area contributed by atoms with Crippen LogP contribution in [0.15, 0.2) is 71.6 Å². The van der Waals surface area contributed by atoms with E-state index in [1.807, 2.05) is 61.5 Å². The minimum absolute atomic E-state index is 0.0209. The van der Waals surface area contributed by atoms with Gasteiger partial charge in [0.1, 0.15) is 0 Å². The van der Waals surface area contributed by atoms with Crippen LogP contribution in [0.3, 0.4) is 0 Å². The summed E-state index contributed by atoms with van der Waals surface area (Å²) in [7, 11) is 0. The minimum Gasteiger partial charge on any atom is -0.283 e. The molecule has 0 aliphatic heterocycles. The third-order valence-corrected chi connectivity index (χ3v) is 7.42. The summed E-state index contributed by atoms with van der Waals surface area (Å²) in [5, 5.41) is 1.35. The molecule has 0 radical (unpaired) electrons. The lowest BCUT2D eigenvalue weighted by molar-refractivity contribution is -0.118. The van der Waals surface area contributed by atoms with Crippen molar-refractivity contribution in [1.82, 2.24) is 4.98 Å². The molecule has 0 atom stereocenters. The molecule has 158 valence electrons. The molecule has 3 aromatic carbocycles. The number of hydrogen-bond donors (Lipinski definition) is 0. The highest BCUT2D eigenvalue weighted by Gasteiger charge is 2.22. The van der Waals surface area contributed by atoms with E-state index in [-0.39, 0.29) is 5.91 Å². The Hall–Kier alpha value is -2.34. The van der Waals surface area contributed by atoms with Gasteiger partial charge in [0.25, 0.3) is 0 Å². The fourth-order valence-electron chi connectivity index (χ4n) is 3.37. The van der Waals surface area contributed by atoms with Crippen LogP contribution < -0.4 is 4.90 Å². The first-order valence-corrected chi connectivity index (χ1v) is 12.3. The maximum Gasteiger partial charge on any atom is 0.233 e. The van der Waals surface area contributed by atoms with Gasteiger partial charge in [0.15, 0.2) is 5.13 Å². The number of benzene rings is 3. The molecule has 3 nitrogen and oxygen atoms in total. The smallest absolute Gasteiger partial charge is 0.233 e. The first-order chi connectivity index (χ1) is 15.0. The summed E-state index contributed by atoms with van der Waals surface area (Å²) >= 11 is 9.69. The number of thiazole rings is 1. The van der Waals surface area contributed by atoms with Gasteiger partial charge in [-0.15, -0.1) is 11.8 Å². The van der Waals surface area contributed by atoms with Gasteiger partial charge >= 0.3 is 0 Å². The number of rotatable bonds is 7. The van der Waals surface area contributed by atoms with E-state index in [0.29, 0.717) is 23.1 Å². The highest BCUT2D eigenvalue weighted by atomic mass is 35.5. The number of carbonyl (C=O) groups is 1. The number of anilines is 1. The molecule has 0 N–H and O–H groups in total. The molecular weight excluding hydrogens is 444 g/mol. The van der Waals surface area contributed by atoms with Crippen LogP contribution in [-0.2, 0) is 17.8 Å².